The summed E-state index contributed by atoms with van der Waals surface area (Å²) in [6.07, 6.45) is 12.7. The molecule has 0 bridgehead atoms. The minimum atomic E-state index is -0.629. The Hall–Kier alpha value is -2.00. The second-order valence-electron chi connectivity index (χ2n) is 9.88. The minimum absolute atomic E-state index is 0.0206. The number of ether oxygens (including phenoxy) is 4. The minimum Gasteiger partial charge on any atom is -0.469 e. The molecule has 8 nitrogen and oxygen atoms in total. The molecule has 0 aromatic rings. The van der Waals surface area contributed by atoms with E-state index in [1.54, 1.807) is 6.92 Å². The Labute approximate surface area is 209 Å². The summed E-state index contributed by atoms with van der Waals surface area (Å²) in [6, 6.07) is -0.0206. The molecular formula is C27H43NO7. The van der Waals surface area contributed by atoms with Crippen LogP contribution in [0.1, 0.15) is 60.3 Å². The second-order valence-corrected chi connectivity index (χ2v) is 9.88. The maximum atomic E-state index is 12.0. The number of hydrogen-bond donors (Lipinski definition) is 2. The number of carbonyl (C=O) groups is 2. The highest BCUT2D eigenvalue weighted by Crippen LogP contribution is 2.39. The topological polar surface area (TPSA) is 107 Å². The van der Waals surface area contributed by atoms with E-state index in [1.165, 1.54) is 31.8 Å². The van der Waals surface area contributed by atoms with Gasteiger partial charge in [-0.05, 0) is 39.5 Å². The first-order valence-electron chi connectivity index (χ1n) is 12.5. The number of esters is 1. The summed E-state index contributed by atoms with van der Waals surface area (Å²) in [5.41, 5.74) is 1.31. The van der Waals surface area contributed by atoms with Crippen LogP contribution in [0.25, 0.3) is 0 Å². The van der Waals surface area contributed by atoms with Gasteiger partial charge in [0.1, 0.15) is 0 Å². The first-order chi connectivity index (χ1) is 16.5. The van der Waals surface area contributed by atoms with Gasteiger partial charge in [0.15, 0.2) is 0 Å². The summed E-state index contributed by atoms with van der Waals surface area (Å²) in [6.45, 7) is 10.9. The van der Waals surface area contributed by atoms with E-state index in [0.29, 0.717) is 5.92 Å². The second kappa shape index (κ2) is 13.9. The summed E-state index contributed by atoms with van der Waals surface area (Å²) in [5.74, 6) is -0.0926. The highest BCUT2D eigenvalue weighted by Gasteiger charge is 2.48. The fourth-order valence-electron chi connectivity index (χ4n) is 4.21. The predicted octanol–water partition coefficient (Wildman–Crippen LogP) is 3.24. The van der Waals surface area contributed by atoms with Crippen LogP contribution < -0.4 is 5.32 Å². The third-order valence-corrected chi connectivity index (χ3v) is 6.62. The number of aliphatic hydroxyl groups is 1. The van der Waals surface area contributed by atoms with Crippen LogP contribution in [0.3, 0.4) is 0 Å². The van der Waals surface area contributed by atoms with Crippen molar-refractivity contribution in [2.45, 2.75) is 96.4 Å². The monoisotopic (exact) mass is 493 g/mol. The van der Waals surface area contributed by atoms with Crippen molar-refractivity contribution >= 4 is 11.9 Å². The summed E-state index contributed by atoms with van der Waals surface area (Å²) in [4.78, 5) is 21.6. The summed E-state index contributed by atoms with van der Waals surface area (Å²) >= 11 is 0. The lowest BCUT2D eigenvalue weighted by Gasteiger charge is -2.39. The number of hydrogen-bond acceptors (Lipinski definition) is 7. The van der Waals surface area contributed by atoms with Crippen LogP contribution in [0.5, 0.6) is 0 Å². The summed E-state index contributed by atoms with van der Waals surface area (Å²) < 4.78 is 21.8. The van der Waals surface area contributed by atoms with Crippen LogP contribution in [0.4, 0.5) is 0 Å². The van der Waals surface area contributed by atoms with E-state index in [4.69, 9.17) is 14.2 Å². The van der Waals surface area contributed by atoms with Crippen LogP contribution in [-0.4, -0.2) is 73.4 Å². The maximum Gasteiger partial charge on any atom is 0.302 e. The van der Waals surface area contributed by atoms with Crippen LogP contribution >= 0.6 is 0 Å². The molecule has 0 saturated carbocycles. The molecule has 7 atom stereocenters. The molecule has 3 aliphatic heterocycles. The molecule has 0 aliphatic carbocycles. The van der Waals surface area contributed by atoms with Crippen molar-refractivity contribution in [2.75, 3.05) is 20.3 Å². The predicted molar refractivity (Wildman–Crippen MR) is 134 cm³/mol. The van der Waals surface area contributed by atoms with Crippen molar-refractivity contribution in [1.29, 1.82) is 0 Å². The first kappa shape index (κ1) is 29.2. The lowest BCUT2D eigenvalue weighted by Crippen LogP contribution is -2.50. The number of allylic oxidation sites excluding steroid dienone is 2. The molecule has 7 unspecified atom stereocenters. The van der Waals surface area contributed by atoms with Gasteiger partial charge in [-0.25, -0.2) is 0 Å². The average molecular weight is 494 g/mol. The van der Waals surface area contributed by atoms with E-state index < -0.39 is 6.10 Å². The van der Waals surface area contributed by atoms with E-state index in [0.717, 1.165) is 38.9 Å². The van der Waals surface area contributed by atoms with Crippen molar-refractivity contribution in [3.05, 3.63) is 36.0 Å². The summed E-state index contributed by atoms with van der Waals surface area (Å²) in [7, 11) is 1.35. The quantitative estimate of drug-likeness (QED) is 0.243. The zero-order chi connectivity index (χ0) is 26.0. The molecule has 3 rings (SSSR count). The van der Waals surface area contributed by atoms with E-state index >= 15 is 0 Å². The van der Waals surface area contributed by atoms with Crippen LogP contribution in [-0.2, 0) is 28.5 Å². The van der Waals surface area contributed by atoms with Gasteiger partial charge in [-0.15, -0.1) is 0 Å². The molecule has 0 radical (unpaired) electrons. The van der Waals surface area contributed by atoms with E-state index in [2.05, 4.69) is 42.1 Å². The highest BCUT2D eigenvalue weighted by atomic mass is 16.6. The number of methoxy groups -OCH3 is 1. The molecule has 3 heterocycles. The van der Waals surface area contributed by atoms with Crippen molar-refractivity contribution in [3.63, 3.8) is 0 Å². The van der Waals surface area contributed by atoms with Crippen molar-refractivity contribution in [3.8, 4) is 0 Å². The maximum absolute atomic E-state index is 12.0. The van der Waals surface area contributed by atoms with Gasteiger partial charge < -0.3 is 29.4 Å². The van der Waals surface area contributed by atoms with Crippen LogP contribution in [0.2, 0.25) is 0 Å². The molecule has 0 aromatic heterocycles. The molecule has 2 N–H and O–H groups in total. The fraction of sp³-hybridized carbons (Fsp3) is 0.704. The highest BCUT2D eigenvalue weighted by molar-refractivity contribution is 5.87. The number of rotatable bonds is 7. The Morgan fingerprint density at radius 3 is 2.54 bits per heavy atom. The molecule has 1 amide bonds. The molecular weight excluding hydrogens is 450 g/mol. The largest absolute Gasteiger partial charge is 0.469 e. The van der Waals surface area contributed by atoms with Crippen LogP contribution in [0, 0.1) is 5.92 Å². The number of amides is 1. The average Bonchev–Trinajstić information content (AvgIpc) is 3.55. The lowest BCUT2D eigenvalue weighted by atomic mass is 9.88. The van der Waals surface area contributed by atoms with Crippen LogP contribution in [0.15, 0.2) is 36.0 Å². The van der Waals surface area contributed by atoms with E-state index in [9.17, 15) is 14.7 Å². The van der Waals surface area contributed by atoms with Gasteiger partial charge in [0, 0.05) is 25.8 Å². The molecule has 3 aliphatic rings. The fourth-order valence-corrected chi connectivity index (χ4v) is 4.21. The lowest BCUT2D eigenvalue weighted by molar-refractivity contribution is -0.138. The Bertz CT molecular complexity index is 784. The molecule has 8 heteroatoms. The molecule has 1 spiro atoms. The number of carbonyl (C=O) groups excluding carboxylic acids is 2. The first-order valence-corrected chi connectivity index (χ1v) is 12.5. The molecule has 3 saturated heterocycles. The Balaban J connectivity index is 0.000000784. The Morgan fingerprint density at radius 1 is 1.26 bits per heavy atom. The van der Waals surface area contributed by atoms with E-state index in [-0.39, 0.29) is 41.8 Å². The van der Waals surface area contributed by atoms with Gasteiger partial charge in [0.05, 0.1) is 56.4 Å². The molecule has 3 fully saturated rings. The number of epoxide rings is 1. The Kier molecular flexibility index (Phi) is 11.6. The van der Waals surface area contributed by atoms with Crippen molar-refractivity contribution < 1.29 is 33.6 Å². The van der Waals surface area contributed by atoms with Gasteiger partial charge >= 0.3 is 5.97 Å². The van der Waals surface area contributed by atoms with Crippen molar-refractivity contribution in [1.82, 2.24) is 5.32 Å². The van der Waals surface area contributed by atoms with Gasteiger partial charge in [0.2, 0.25) is 5.91 Å². The molecule has 198 valence electrons. The van der Waals surface area contributed by atoms with E-state index in [1.807, 2.05) is 6.92 Å². The third kappa shape index (κ3) is 10.7. The SMILES string of the molecule is CC(/C=C/C1CC2(CCO1)CO2)=C\CC1OC(C)C(NC(=O)/C=C\C(C)O)CC1C.COC(C)=O. The third-order valence-electron chi connectivity index (χ3n) is 6.62. The van der Waals surface area contributed by atoms with Gasteiger partial charge in [-0.2, -0.15) is 0 Å². The summed E-state index contributed by atoms with van der Waals surface area (Å²) in [5, 5.41) is 12.3. The van der Waals surface area contributed by atoms with Gasteiger partial charge in [-0.3, -0.25) is 9.59 Å². The number of nitrogens with one attached hydrogen (secondary N) is 1. The number of aliphatic hydroxyl groups excluding tert-OH is 1. The normalized spacial score (nSPS) is 33.8. The zero-order valence-corrected chi connectivity index (χ0v) is 22.0. The molecule has 0 aromatic carbocycles. The van der Waals surface area contributed by atoms with Gasteiger partial charge in [-0.1, -0.05) is 36.8 Å². The van der Waals surface area contributed by atoms with Crippen molar-refractivity contribution in [2.24, 2.45) is 5.92 Å². The molecule has 35 heavy (non-hydrogen) atoms. The zero-order valence-electron chi connectivity index (χ0n) is 22.0. The van der Waals surface area contributed by atoms with Gasteiger partial charge in [0.25, 0.3) is 0 Å². The smallest absolute Gasteiger partial charge is 0.302 e. The Morgan fingerprint density at radius 2 is 1.94 bits per heavy atom. The standard InChI is InChI=1S/C24H37NO5.C3H6O2/c1-16(5-8-20-14-24(15-29-24)11-12-28-20)6-9-22-17(2)13-21(19(4)30-22)25-23(27)10-7-18(3)26;1-3(4)5-2/h5-8,10,17-22,26H,9,11-15H2,1-4H3,(H,25,27);1-2H3/b8-5+,10-7-,16-6+;.